The van der Waals surface area contributed by atoms with Crippen molar-refractivity contribution in [3.8, 4) is 0 Å². The van der Waals surface area contributed by atoms with Crippen molar-refractivity contribution in [2.45, 2.75) is 143 Å². The first-order valence-electron chi connectivity index (χ1n) is 20.9. The number of hydrogen-bond donors (Lipinski definition) is 8. The van der Waals surface area contributed by atoms with Crippen LogP contribution in [0.5, 0.6) is 0 Å². The molecule has 0 saturated carbocycles. The van der Waals surface area contributed by atoms with Crippen LogP contribution in [-0.2, 0) is 33.6 Å². The highest BCUT2D eigenvalue weighted by Crippen LogP contribution is 2.61. The molecule has 8 bridgehead atoms. The summed E-state index contributed by atoms with van der Waals surface area (Å²) in [7, 11) is 0. The van der Waals surface area contributed by atoms with E-state index in [1.807, 2.05) is 13.8 Å². The normalized spacial score (nSPS) is 34.6. The second-order valence-electron chi connectivity index (χ2n) is 18.8. The minimum absolute atomic E-state index is 0.0276. The van der Waals surface area contributed by atoms with Gasteiger partial charge in [-0.1, -0.05) is 20.8 Å². The molecule has 1 unspecified atom stereocenters. The van der Waals surface area contributed by atoms with E-state index in [0.717, 1.165) is 0 Å². The highest BCUT2D eigenvalue weighted by Gasteiger charge is 2.66. The Bertz CT molecular complexity index is 2190. The fourth-order valence-corrected chi connectivity index (χ4v) is 11.3. The maximum absolute atomic E-state index is 13.0. The van der Waals surface area contributed by atoms with Crippen molar-refractivity contribution in [2.24, 2.45) is 49.0 Å². The highest BCUT2D eigenvalue weighted by molar-refractivity contribution is 6.18. The number of carboxylic acids is 7. The van der Waals surface area contributed by atoms with Gasteiger partial charge in [-0.2, -0.15) is 0 Å². The molecule has 338 valence electrons. The minimum Gasteiger partial charge on any atom is -0.481 e. The van der Waals surface area contributed by atoms with E-state index < -0.39 is 119 Å². The Morgan fingerprint density at radius 2 is 1.34 bits per heavy atom. The first-order valence-corrected chi connectivity index (χ1v) is 20.9. The van der Waals surface area contributed by atoms with Gasteiger partial charge in [0.1, 0.15) is 0 Å². The van der Waals surface area contributed by atoms with E-state index in [2.05, 4.69) is 5.32 Å². The van der Waals surface area contributed by atoms with Crippen LogP contribution in [0.2, 0.25) is 0 Å². The number of rotatable bonds is 18. The van der Waals surface area contributed by atoms with Gasteiger partial charge in [0, 0.05) is 88.9 Å². The summed E-state index contributed by atoms with van der Waals surface area (Å²) in [4.78, 5) is 103. The van der Waals surface area contributed by atoms with Crippen LogP contribution >= 0.6 is 0 Å². The predicted octanol–water partition coefficient (Wildman–Crippen LogP) is 5.47. The molecular weight excluding hydrogens is 808 g/mol. The number of nitrogens with zero attached hydrogens (tertiary/aromatic N) is 3. The van der Waals surface area contributed by atoms with Gasteiger partial charge in [0.15, 0.2) is 0 Å². The molecular formula is C44H58N4O14. The molecule has 18 nitrogen and oxygen atoms in total. The van der Waals surface area contributed by atoms with Gasteiger partial charge in [-0.15, -0.1) is 0 Å². The maximum atomic E-state index is 13.0. The summed E-state index contributed by atoms with van der Waals surface area (Å²) >= 11 is 0. The molecule has 0 aromatic carbocycles. The molecule has 0 aromatic heterocycles. The molecule has 5 aliphatic rings. The lowest BCUT2D eigenvalue weighted by atomic mass is 9.56. The third-order valence-electron chi connectivity index (χ3n) is 14.9. The molecule has 0 radical (unpaired) electrons. The second-order valence-corrected chi connectivity index (χ2v) is 18.8. The van der Waals surface area contributed by atoms with E-state index in [-0.39, 0.29) is 57.1 Å². The van der Waals surface area contributed by atoms with Crippen molar-refractivity contribution in [3.63, 3.8) is 0 Å². The zero-order chi connectivity index (χ0) is 46.5. The molecule has 0 aliphatic carbocycles. The van der Waals surface area contributed by atoms with Gasteiger partial charge in [-0.25, -0.2) is 0 Å². The average molecular weight is 867 g/mol. The van der Waals surface area contributed by atoms with Gasteiger partial charge >= 0.3 is 41.8 Å². The Morgan fingerprint density at radius 3 is 1.89 bits per heavy atom. The minimum atomic E-state index is -1.50. The number of fused-ring (bicyclic) bond motifs is 6. The first-order chi connectivity index (χ1) is 28.6. The number of allylic oxidation sites excluding steroid dienone is 4. The summed E-state index contributed by atoms with van der Waals surface area (Å²) in [5.74, 6) is -10.8. The third-order valence-corrected chi connectivity index (χ3v) is 14.9. The van der Waals surface area contributed by atoms with E-state index in [1.54, 1.807) is 40.7 Å². The van der Waals surface area contributed by atoms with Crippen LogP contribution in [0.25, 0.3) is 0 Å². The number of aliphatic carboxylic acids is 7. The van der Waals surface area contributed by atoms with Crippen LogP contribution in [0, 0.1) is 34.0 Å². The lowest BCUT2D eigenvalue weighted by Gasteiger charge is -2.48. The molecule has 0 spiro atoms. The SMILES string of the molecule is CC1=C(CCC(=O)O)C2=N[C@@]1(C)CC1=C(CCC(=O)O)[C@](C)(CC(=O)O)C(=N1)/C=C1\N[C@@](C)([C@@H]3N=C(C2C)[C@](C)(CCC(=O)O)[C@H]3CC(=O)O)[C@@](C)(CC(=O)O)[C@@H]1CCC(=O)O. The smallest absolute Gasteiger partial charge is 0.304 e. The quantitative estimate of drug-likeness (QED) is 0.0847. The van der Waals surface area contributed by atoms with Crippen LogP contribution in [-0.4, -0.2) is 112 Å². The summed E-state index contributed by atoms with van der Waals surface area (Å²) < 4.78 is 0. The molecule has 1 saturated heterocycles. The monoisotopic (exact) mass is 866 g/mol. The standard InChI is InChI=1S/C44H58N4O14/c1-21-37-23(8-11-30(49)50)22(2)43(6,48-37)18-28-24(9-12-31(51)52)41(4,19-35(59)60)29(45-28)17-27-25(10-13-32(53)54)42(5,20-36(61)62)44(7,47-27)39-26(16-34(57)58)40(3,38(21)46-39)15-14-33(55)56/h17,21,25-26,39,47H,8-16,18-20H2,1-7H3,(H,49,50)(H,51,52)(H,53,54)(H,55,56)(H,57,58)(H,59,60)(H,61,62)/b27-17-/t21?,25-,26+,39-,40-,41+,42+,43+,44+/m1/s1. The Kier molecular flexibility index (Phi) is 12.9. The van der Waals surface area contributed by atoms with Crippen LogP contribution in [0.1, 0.15) is 126 Å². The summed E-state index contributed by atoms with van der Waals surface area (Å²) in [5.41, 5.74) is -3.33. The molecule has 62 heavy (non-hydrogen) atoms. The molecule has 9 atom stereocenters. The number of hydrogen-bond acceptors (Lipinski definition) is 11. The molecule has 8 N–H and O–H groups in total. The Labute approximate surface area is 358 Å². The lowest BCUT2D eigenvalue weighted by molar-refractivity contribution is -0.144. The van der Waals surface area contributed by atoms with E-state index in [0.29, 0.717) is 39.5 Å². The summed E-state index contributed by atoms with van der Waals surface area (Å²) in [6, 6.07) is -1.08. The van der Waals surface area contributed by atoms with Crippen LogP contribution in [0.4, 0.5) is 0 Å². The van der Waals surface area contributed by atoms with E-state index in [9.17, 15) is 69.3 Å². The zero-order valence-electron chi connectivity index (χ0n) is 36.2. The van der Waals surface area contributed by atoms with Crippen molar-refractivity contribution in [1.29, 1.82) is 0 Å². The van der Waals surface area contributed by atoms with Gasteiger partial charge in [-0.3, -0.25) is 48.5 Å². The number of nitrogens with one attached hydrogen (secondary N) is 1. The lowest BCUT2D eigenvalue weighted by Crippen LogP contribution is -2.60. The van der Waals surface area contributed by atoms with Crippen molar-refractivity contribution in [2.75, 3.05) is 0 Å². The number of carbonyl (C=O) groups is 7. The Morgan fingerprint density at radius 1 is 0.758 bits per heavy atom. The van der Waals surface area contributed by atoms with Gasteiger partial charge in [0.2, 0.25) is 0 Å². The predicted molar refractivity (Wildman–Crippen MR) is 223 cm³/mol. The zero-order valence-corrected chi connectivity index (χ0v) is 36.2. The first kappa shape index (κ1) is 47.4. The van der Waals surface area contributed by atoms with E-state index in [1.165, 1.54) is 0 Å². The highest BCUT2D eigenvalue weighted by atomic mass is 16.4. The van der Waals surface area contributed by atoms with Gasteiger partial charge in [0.25, 0.3) is 0 Å². The topological polar surface area (TPSA) is 310 Å². The largest absolute Gasteiger partial charge is 0.481 e. The van der Waals surface area contributed by atoms with Crippen LogP contribution < -0.4 is 5.32 Å². The maximum Gasteiger partial charge on any atom is 0.304 e. The fourth-order valence-electron chi connectivity index (χ4n) is 11.3. The third kappa shape index (κ3) is 8.43. The summed E-state index contributed by atoms with van der Waals surface area (Å²) in [6.45, 7) is 12.2. The molecule has 1 fully saturated rings. The number of aliphatic imine (C=N–C) groups is 3. The van der Waals surface area contributed by atoms with Crippen molar-refractivity contribution >= 4 is 58.9 Å². The molecule has 5 rings (SSSR count). The molecule has 5 aliphatic heterocycles. The van der Waals surface area contributed by atoms with E-state index in [4.69, 9.17) is 15.0 Å². The Hall–Kier alpha value is -5.68. The van der Waals surface area contributed by atoms with Gasteiger partial charge < -0.3 is 41.1 Å². The van der Waals surface area contributed by atoms with E-state index >= 15 is 0 Å². The Balaban J connectivity index is 1.95. The summed E-state index contributed by atoms with van der Waals surface area (Å²) in [5, 5.41) is 74.8. The molecule has 5 heterocycles. The van der Waals surface area contributed by atoms with Gasteiger partial charge in [0.05, 0.1) is 42.1 Å². The number of carboxylic acid groups (broad SMARTS) is 7. The van der Waals surface area contributed by atoms with Crippen molar-refractivity contribution in [1.82, 2.24) is 5.32 Å². The fraction of sp³-hybridized carbons (Fsp3) is 0.636. The van der Waals surface area contributed by atoms with Crippen LogP contribution in [0.3, 0.4) is 0 Å². The average Bonchev–Trinajstić information content (AvgIpc) is 3.72. The van der Waals surface area contributed by atoms with Gasteiger partial charge in [-0.05, 0) is 76.2 Å². The molecule has 0 amide bonds. The van der Waals surface area contributed by atoms with Crippen molar-refractivity contribution < 1.29 is 69.3 Å². The summed E-state index contributed by atoms with van der Waals surface area (Å²) in [6.07, 6.45) is -1.66. The van der Waals surface area contributed by atoms with Crippen LogP contribution in [0.15, 0.2) is 49.2 Å². The molecule has 18 heteroatoms. The van der Waals surface area contributed by atoms with Crippen molar-refractivity contribution in [3.05, 3.63) is 34.2 Å². The second kappa shape index (κ2) is 16.9. The molecule has 0 aromatic rings.